The second kappa shape index (κ2) is 15.4. The van der Waals surface area contributed by atoms with Crippen molar-refractivity contribution in [1.82, 2.24) is 9.29 Å². The molecule has 3 aliphatic rings. The van der Waals surface area contributed by atoms with Crippen LogP contribution in [-0.2, 0) is 24.3 Å². The molecule has 13 heteroatoms. The lowest BCUT2D eigenvalue weighted by molar-refractivity contribution is -0.155. The highest BCUT2D eigenvalue weighted by Gasteiger charge is 2.44. The number of aromatic carboxylic acids is 1. The van der Waals surface area contributed by atoms with Gasteiger partial charge in [-0.2, -0.15) is 4.31 Å². The van der Waals surface area contributed by atoms with E-state index in [1.807, 2.05) is 51.1 Å². The lowest BCUT2D eigenvalue weighted by atomic mass is 9.82. The maximum atomic E-state index is 14.1. The fourth-order valence-electron chi connectivity index (χ4n) is 7.63. The summed E-state index contributed by atoms with van der Waals surface area (Å²) in [5.74, 6) is -0.584. The number of carboxylic acid groups (broad SMARTS) is 1. The summed E-state index contributed by atoms with van der Waals surface area (Å²) in [6.45, 7) is 6.80. The highest BCUT2D eigenvalue weighted by Crippen LogP contribution is 2.42. The van der Waals surface area contributed by atoms with Crippen molar-refractivity contribution in [2.24, 2.45) is 11.8 Å². The van der Waals surface area contributed by atoms with E-state index in [0.29, 0.717) is 23.8 Å². The Bertz CT molecular complexity index is 1810. The van der Waals surface area contributed by atoms with Crippen molar-refractivity contribution in [3.05, 3.63) is 59.6 Å². The van der Waals surface area contributed by atoms with E-state index in [-0.39, 0.29) is 34.7 Å². The highest BCUT2D eigenvalue weighted by molar-refractivity contribution is 7.89. The highest BCUT2D eigenvalue weighted by atomic mass is 32.2. The Morgan fingerprint density at radius 3 is 2.33 bits per heavy atom. The lowest BCUT2D eigenvalue weighted by Gasteiger charge is -2.44. The van der Waals surface area contributed by atoms with E-state index in [9.17, 15) is 27.9 Å². The first-order chi connectivity index (χ1) is 24.3. The molecule has 3 fully saturated rings. The fourth-order valence-corrected chi connectivity index (χ4v) is 9.97. The molecule has 11 nitrogen and oxygen atoms in total. The van der Waals surface area contributed by atoms with Crippen LogP contribution in [0.2, 0.25) is 0 Å². The second-order valence-electron chi connectivity index (χ2n) is 14.9. The van der Waals surface area contributed by atoms with Gasteiger partial charge in [0.15, 0.2) is 0 Å². The number of anilines is 2. The van der Waals surface area contributed by atoms with Crippen LogP contribution in [0, 0.1) is 11.8 Å². The van der Waals surface area contributed by atoms with Gasteiger partial charge in [-0.25, -0.2) is 18.2 Å². The Balaban J connectivity index is 1.17. The average Bonchev–Trinajstić information content (AvgIpc) is 3.56. The molecule has 0 bridgehead atoms. The molecule has 274 valence electrons. The first-order valence-electron chi connectivity index (χ1n) is 18.0. The number of ether oxygens (including phenoxy) is 1. The number of amides is 1. The molecule has 0 spiro atoms. The van der Waals surface area contributed by atoms with Gasteiger partial charge < -0.3 is 19.6 Å². The topological polar surface area (TPSA) is 137 Å². The summed E-state index contributed by atoms with van der Waals surface area (Å²) in [7, 11) is -4.07. The summed E-state index contributed by atoms with van der Waals surface area (Å²) in [6, 6.07) is 14.0. The van der Waals surface area contributed by atoms with Crippen LogP contribution >= 0.6 is 11.3 Å². The smallest absolute Gasteiger partial charge is 0.348 e. The molecule has 0 unspecified atom stereocenters. The number of rotatable bonds is 10. The standard InChI is InChI=1S/C38H48N4O7S2/c1-38(2,3)49-35(44)17-14-26-18-20-40(21-19-26)33-16-15-29(23-39-33)51(47,48)41-24-31(27-10-6-4-7-11-27)42(34(43)25-41)30-22-32(50-36(30)37(45)46)28-12-8-5-9-13-28/h5,8-9,12-13,15-16,22-23,26-27,31H,4,6-7,10-11,14,17-21,24-25H2,1-3H3,(H,45,46)/t31-/m0/s1. The van der Waals surface area contributed by atoms with E-state index in [4.69, 9.17) is 4.74 Å². The molecule has 1 aliphatic carbocycles. The van der Waals surface area contributed by atoms with Crippen LogP contribution in [0.15, 0.2) is 59.6 Å². The summed E-state index contributed by atoms with van der Waals surface area (Å²) in [5, 5.41) is 10.2. The predicted octanol–water partition coefficient (Wildman–Crippen LogP) is 6.83. The number of piperidine rings is 1. The average molecular weight is 737 g/mol. The van der Waals surface area contributed by atoms with Crippen LogP contribution in [0.5, 0.6) is 0 Å². The molecule has 1 N–H and O–H groups in total. The van der Waals surface area contributed by atoms with Gasteiger partial charge in [-0.1, -0.05) is 49.6 Å². The van der Waals surface area contributed by atoms with Crippen molar-refractivity contribution in [1.29, 1.82) is 0 Å². The van der Waals surface area contributed by atoms with Crippen LogP contribution in [0.4, 0.5) is 11.5 Å². The number of carbonyl (C=O) groups excluding carboxylic acids is 2. The molecule has 1 atom stereocenters. The number of benzene rings is 1. The maximum absolute atomic E-state index is 14.1. The quantitative estimate of drug-likeness (QED) is 0.222. The Labute approximate surface area is 304 Å². The molecular weight excluding hydrogens is 689 g/mol. The van der Waals surface area contributed by atoms with Gasteiger partial charge in [-0.3, -0.25) is 9.59 Å². The minimum atomic E-state index is -4.07. The number of thiophene rings is 1. The van der Waals surface area contributed by atoms with Gasteiger partial charge in [0.2, 0.25) is 15.9 Å². The van der Waals surface area contributed by atoms with Crippen molar-refractivity contribution in [2.45, 2.75) is 95.1 Å². The zero-order valence-electron chi connectivity index (χ0n) is 29.6. The van der Waals surface area contributed by atoms with Crippen LogP contribution in [0.1, 0.15) is 88.2 Å². The van der Waals surface area contributed by atoms with Gasteiger partial charge in [0, 0.05) is 37.1 Å². The van der Waals surface area contributed by atoms with E-state index in [1.54, 1.807) is 23.1 Å². The van der Waals surface area contributed by atoms with Crippen LogP contribution in [0.25, 0.3) is 10.4 Å². The molecule has 2 saturated heterocycles. The van der Waals surface area contributed by atoms with E-state index in [1.165, 1.54) is 10.5 Å². The minimum absolute atomic E-state index is 0.0234. The van der Waals surface area contributed by atoms with Gasteiger partial charge in [0.05, 0.1) is 18.3 Å². The Kier molecular flexibility index (Phi) is 11.2. The second-order valence-corrected chi connectivity index (χ2v) is 17.9. The predicted molar refractivity (Wildman–Crippen MR) is 198 cm³/mol. The van der Waals surface area contributed by atoms with Crippen molar-refractivity contribution < 1.29 is 32.6 Å². The summed E-state index contributed by atoms with van der Waals surface area (Å²) in [4.78, 5) is 47.8. The van der Waals surface area contributed by atoms with Gasteiger partial charge >= 0.3 is 11.9 Å². The summed E-state index contributed by atoms with van der Waals surface area (Å²) in [6.07, 6.45) is 9.08. The zero-order valence-corrected chi connectivity index (χ0v) is 31.3. The zero-order chi connectivity index (χ0) is 36.3. The Hall–Kier alpha value is -3.81. The molecule has 2 aromatic heterocycles. The number of aromatic nitrogens is 1. The largest absolute Gasteiger partial charge is 0.477 e. The lowest BCUT2D eigenvalue weighted by Crippen LogP contribution is -2.60. The van der Waals surface area contributed by atoms with E-state index in [0.717, 1.165) is 86.2 Å². The van der Waals surface area contributed by atoms with E-state index >= 15 is 0 Å². The molecule has 0 radical (unpaired) electrons. The van der Waals surface area contributed by atoms with Crippen molar-refractivity contribution in [3.8, 4) is 10.4 Å². The molecule has 1 saturated carbocycles. The van der Waals surface area contributed by atoms with Gasteiger partial charge in [-0.05, 0) is 88.5 Å². The molecule has 3 aromatic rings. The Morgan fingerprint density at radius 2 is 1.71 bits per heavy atom. The van der Waals surface area contributed by atoms with Crippen molar-refractivity contribution in [2.75, 3.05) is 36.0 Å². The Morgan fingerprint density at radius 1 is 1.00 bits per heavy atom. The molecule has 51 heavy (non-hydrogen) atoms. The van der Waals surface area contributed by atoms with E-state index in [2.05, 4.69) is 9.88 Å². The fraction of sp³-hybridized carbons (Fsp3) is 0.526. The van der Waals surface area contributed by atoms with Gasteiger partial charge in [0.1, 0.15) is 21.2 Å². The van der Waals surface area contributed by atoms with Gasteiger partial charge in [0.25, 0.3) is 0 Å². The molecule has 1 amide bonds. The summed E-state index contributed by atoms with van der Waals surface area (Å²) >= 11 is 1.13. The van der Waals surface area contributed by atoms with Crippen LogP contribution in [-0.4, -0.2) is 78.5 Å². The SMILES string of the molecule is CC(C)(C)OC(=O)CCC1CCN(c2ccc(S(=O)(=O)N3CC(=O)N(c4cc(-c5ccccc5)sc4C(=O)O)[C@H](C4CCCCC4)C3)cn2)CC1. The number of hydrogen-bond acceptors (Lipinski definition) is 9. The number of nitrogens with zero attached hydrogens (tertiary/aromatic N) is 4. The first kappa shape index (κ1) is 37.0. The van der Waals surface area contributed by atoms with Crippen LogP contribution in [0.3, 0.4) is 0 Å². The first-order valence-corrected chi connectivity index (χ1v) is 20.2. The van der Waals surface area contributed by atoms with Crippen LogP contribution < -0.4 is 9.80 Å². The summed E-state index contributed by atoms with van der Waals surface area (Å²) < 4.78 is 34.9. The number of hydrogen-bond donors (Lipinski definition) is 1. The number of esters is 1. The van der Waals surface area contributed by atoms with Crippen molar-refractivity contribution >= 4 is 50.7 Å². The number of pyridine rings is 1. The molecule has 2 aliphatic heterocycles. The molecule has 6 rings (SSSR count). The third-order valence-electron chi connectivity index (χ3n) is 10.2. The third-order valence-corrected chi connectivity index (χ3v) is 13.2. The number of piperazine rings is 1. The summed E-state index contributed by atoms with van der Waals surface area (Å²) in [5.41, 5.74) is 0.706. The van der Waals surface area contributed by atoms with E-state index < -0.39 is 33.5 Å². The maximum Gasteiger partial charge on any atom is 0.348 e. The van der Waals surface area contributed by atoms with Gasteiger partial charge in [-0.15, -0.1) is 11.3 Å². The molecular formula is C38H48N4O7S2. The number of sulfonamides is 1. The monoisotopic (exact) mass is 736 g/mol. The minimum Gasteiger partial charge on any atom is -0.477 e. The third kappa shape index (κ3) is 8.64. The molecule has 1 aromatic carbocycles. The normalized spacial score (nSPS) is 20.1. The molecule has 4 heterocycles. The number of carboxylic acids is 1. The number of carbonyl (C=O) groups is 3. The van der Waals surface area contributed by atoms with Crippen molar-refractivity contribution in [3.63, 3.8) is 0 Å².